The minimum Gasteiger partial charge on any atom is -0.506 e. The Balaban J connectivity index is 1.60. The molecular formula is C20H16ClNO3. The summed E-state index contributed by atoms with van der Waals surface area (Å²) >= 11 is 5.81. The molecule has 3 aromatic carbocycles. The molecule has 0 saturated heterocycles. The van der Waals surface area contributed by atoms with Crippen LogP contribution in [0.4, 0.5) is 10.5 Å². The van der Waals surface area contributed by atoms with Crippen molar-refractivity contribution in [3.63, 3.8) is 0 Å². The van der Waals surface area contributed by atoms with Crippen molar-refractivity contribution in [1.29, 1.82) is 0 Å². The number of anilines is 1. The van der Waals surface area contributed by atoms with Crippen LogP contribution in [0.2, 0.25) is 5.02 Å². The summed E-state index contributed by atoms with van der Waals surface area (Å²) in [7, 11) is 0. The lowest BCUT2D eigenvalue weighted by Gasteiger charge is -2.08. The number of hydrogen-bond acceptors (Lipinski definition) is 3. The standard InChI is InChI=1S/C20H16ClNO3/c21-18-11-8-16(12-19(18)23)15-6-9-17(10-7-15)22-20(24)25-13-14-4-2-1-3-5-14/h1-12,23H,13H2,(H,22,24). The van der Waals surface area contributed by atoms with Gasteiger partial charge in [0.2, 0.25) is 0 Å². The van der Waals surface area contributed by atoms with Crippen molar-refractivity contribution in [2.24, 2.45) is 0 Å². The average molecular weight is 354 g/mol. The van der Waals surface area contributed by atoms with Crippen LogP contribution in [-0.2, 0) is 11.3 Å². The van der Waals surface area contributed by atoms with Crippen LogP contribution in [0, 0.1) is 0 Å². The van der Waals surface area contributed by atoms with Crippen LogP contribution in [0.5, 0.6) is 5.75 Å². The van der Waals surface area contributed by atoms with Crippen molar-refractivity contribution in [3.8, 4) is 16.9 Å². The smallest absolute Gasteiger partial charge is 0.411 e. The van der Waals surface area contributed by atoms with Gasteiger partial charge < -0.3 is 9.84 Å². The van der Waals surface area contributed by atoms with Crippen LogP contribution in [0.25, 0.3) is 11.1 Å². The number of ether oxygens (including phenoxy) is 1. The second-order valence-corrected chi connectivity index (χ2v) is 5.84. The topological polar surface area (TPSA) is 58.6 Å². The Morgan fingerprint density at radius 2 is 1.64 bits per heavy atom. The maximum Gasteiger partial charge on any atom is 0.411 e. The Kier molecular flexibility index (Phi) is 5.21. The van der Waals surface area contributed by atoms with Crippen molar-refractivity contribution in [2.45, 2.75) is 6.61 Å². The van der Waals surface area contributed by atoms with Gasteiger partial charge in [0.25, 0.3) is 0 Å². The summed E-state index contributed by atoms with van der Waals surface area (Å²) in [5.41, 5.74) is 3.28. The van der Waals surface area contributed by atoms with Gasteiger partial charge in [0.15, 0.2) is 0 Å². The predicted molar refractivity (Wildman–Crippen MR) is 98.8 cm³/mol. The zero-order chi connectivity index (χ0) is 17.6. The van der Waals surface area contributed by atoms with Gasteiger partial charge in [-0.15, -0.1) is 0 Å². The lowest BCUT2D eigenvalue weighted by Crippen LogP contribution is -2.13. The van der Waals surface area contributed by atoms with Gasteiger partial charge in [-0.05, 0) is 41.0 Å². The number of phenolic OH excluding ortho intramolecular Hbond substituents is 1. The molecule has 0 saturated carbocycles. The summed E-state index contributed by atoms with van der Waals surface area (Å²) in [6, 6.07) is 21.8. The minimum atomic E-state index is -0.513. The van der Waals surface area contributed by atoms with E-state index in [0.717, 1.165) is 16.7 Å². The predicted octanol–water partition coefficient (Wildman–Crippen LogP) is 5.46. The van der Waals surface area contributed by atoms with Gasteiger partial charge >= 0.3 is 6.09 Å². The van der Waals surface area contributed by atoms with Gasteiger partial charge in [-0.3, -0.25) is 5.32 Å². The minimum absolute atomic E-state index is 0.0332. The number of carbonyl (C=O) groups is 1. The Morgan fingerprint density at radius 3 is 2.32 bits per heavy atom. The molecule has 126 valence electrons. The molecule has 0 spiro atoms. The Hall–Kier alpha value is -2.98. The van der Waals surface area contributed by atoms with Crippen molar-refractivity contribution >= 4 is 23.4 Å². The number of halogens is 1. The molecular weight excluding hydrogens is 338 g/mol. The number of amides is 1. The fourth-order valence-electron chi connectivity index (χ4n) is 2.32. The van der Waals surface area contributed by atoms with E-state index in [4.69, 9.17) is 16.3 Å². The van der Waals surface area contributed by atoms with Crippen LogP contribution >= 0.6 is 11.6 Å². The highest BCUT2D eigenvalue weighted by Crippen LogP contribution is 2.30. The molecule has 1 amide bonds. The molecule has 0 fully saturated rings. The third kappa shape index (κ3) is 4.52. The molecule has 0 bridgehead atoms. The van der Waals surface area contributed by atoms with E-state index in [1.807, 2.05) is 48.5 Å². The molecule has 0 aliphatic rings. The quantitative estimate of drug-likeness (QED) is 0.654. The third-order valence-corrected chi connectivity index (χ3v) is 3.94. The van der Waals surface area contributed by atoms with Gasteiger partial charge in [0.1, 0.15) is 12.4 Å². The van der Waals surface area contributed by atoms with Gasteiger partial charge in [0.05, 0.1) is 5.02 Å². The maximum atomic E-state index is 11.8. The molecule has 5 heteroatoms. The summed E-state index contributed by atoms with van der Waals surface area (Å²) in [4.78, 5) is 11.8. The molecule has 3 rings (SSSR count). The van der Waals surface area contributed by atoms with E-state index in [-0.39, 0.29) is 12.4 Å². The first kappa shape index (κ1) is 16.9. The molecule has 4 nitrogen and oxygen atoms in total. The number of benzene rings is 3. The first-order valence-corrected chi connectivity index (χ1v) is 8.06. The number of phenols is 1. The van der Waals surface area contributed by atoms with Gasteiger partial charge in [-0.2, -0.15) is 0 Å². The number of aromatic hydroxyl groups is 1. The van der Waals surface area contributed by atoms with Gasteiger partial charge in [-0.1, -0.05) is 60.1 Å². The van der Waals surface area contributed by atoms with E-state index < -0.39 is 6.09 Å². The first-order chi connectivity index (χ1) is 12.1. The highest BCUT2D eigenvalue weighted by Gasteiger charge is 2.06. The van der Waals surface area contributed by atoms with Gasteiger partial charge in [-0.25, -0.2) is 4.79 Å². The van der Waals surface area contributed by atoms with Crippen LogP contribution < -0.4 is 5.32 Å². The molecule has 0 heterocycles. The SMILES string of the molecule is O=C(Nc1ccc(-c2ccc(Cl)c(O)c2)cc1)OCc1ccccc1. The molecule has 25 heavy (non-hydrogen) atoms. The normalized spacial score (nSPS) is 10.3. The zero-order valence-corrected chi connectivity index (χ0v) is 14.0. The van der Waals surface area contributed by atoms with Crippen LogP contribution in [0.3, 0.4) is 0 Å². The lowest BCUT2D eigenvalue weighted by atomic mass is 10.1. The summed E-state index contributed by atoms with van der Waals surface area (Å²) in [6.07, 6.45) is -0.513. The summed E-state index contributed by atoms with van der Waals surface area (Å²) in [6.45, 7) is 0.217. The molecule has 0 aliphatic heterocycles. The maximum absolute atomic E-state index is 11.8. The average Bonchev–Trinajstić information content (AvgIpc) is 2.64. The second-order valence-electron chi connectivity index (χ2n) is 5.43. The van der Waals surface area contributed by atoms with E-state index in [1.165, 1.54) is 0 Å². The second kappa shape index (κ2) is 7.73. The Morgan fingerprint density at radius 1 is 0.960 bits per heavy atom. The largest absolute Gasteiger partial charge is 0.506 e. The number of nitrogens with one attached hydrogen (secondary N) is 1. The number of carbonyl (C=O) groups excluding carboxylic acids is 1. The van der Waals surface area contributed by atoms with E-state index in [9.17, 15) is 9.90 Å². The summed E-state index contributed by atoms with van der Waals surface area (Å²) in [5, 5.41) is 12.7. The van der Waals surface area contributed by atoms with E-state index in [1.54, 1.807) is 24.3 Å². The zero-order valence-electron chi connectivity index (χ0n) is 13.3. The van der Waals surface area contributed by atoms with Crippen molar-refractivity contribution in [3.05, 3.63) is 83.4 Å². The number of hydrogen-bond donors (Lipinski definition) is 2. The number of rotatable bonds is 4. The van der Waals surface area contributed by atoms with E-state index in [2.05, 4.69) is 5.32 Å². The fourth-order valence-corrected chi connectivity index (χ4v) is 2.43. The van der Waals surface area contributed by atoms with E-state index >= 15 is 0 Å². The van der Waals surface area contributed by atoms with Crippen LogP contribution in [-0.4, -0.2) is 11.2 Å². The summed E-state index contributed by atoms with van der Waals surface area (Å²) < 4.78 is 5.18. The molecule has 0 atom stereocenters. The monoisotopic (exact) mass is 353 g/mol. The lowest BCUT2D eigenvalue weighted by molar-refractivity contribution is 0.155. The summed E-state index contributed by atoms with van der Waals surface area (Å²) in [5.74, 6) is 0.0332. The third-order valence-electron chi connectivity index (χ3n) is 3.62. The fraction of sp³-hybridized carbons (Fsp3) is 0.0500. The highest BCUT2D eigenvalue weighted by atomic mass is 35.5. The first-order valence-electron chi connectivity index (χ1n) is 7.68. The Labute approximate surface area is 150 Å². The van der Waals surface area contributed by atoms with E-state index in [0.29, 0.717) is 10.7 Å². The molecule has 0 aromatic heterocycles. The molecule has 0 unspecified atom stereocenters. The molecule has 2 N–H and O–H groups in total. The van der Waals surface area contributed by atoms with Crippen LogP contribution in [0.15, 0.2) is 72.8 Å². The highest BCUT2D eigenvalue weighted by molar-refractivity contribution is 6.32. The van der Waals surface area contributed by atoms with Gasteiger partial charge in [0, 0.05) is 5.69 Å². The molecule has 0 aliphatic carbocycles. The van der Waals surface area contributed by atoms with Crippen LogP contribution in [0.1, 0.15) is 5.56 Å². The van der Waals surface area contributed by atoms with Crippen molar-refractivity contribution < 1.29 is 14.6 Å². The van der Waals surface area contributed by atoms with Crippen molar-refractivity contribution in [1.82, 2.24) is 0 Å². The molecule has 3 aromatic rings. The molecule has 0 radical (unpaired) electrons. The van der Waals surface area contributed by atoms with Crippen molar-refractivity contribution in [2.75, 3.05) is 5.32 Å². The Bertz CT molecular complexity index is 864.